The van der Waals surface area contributed by atoms with Crippen LogP contribution in [-0.4, -0.2) is 11.5 Å². The fraction of sp³-hybridized carbons (Fsp3) is 0.500. The summed E-state index contributed by atoms with van der Waals surface area (Å²) < 4.78 is 38.7. The number of aromatic nitrogens is 1. The molecule has 0 bridgehead atoms. The fourth-order valence-corrected chi connectivity index (χ4v) is 2.84. The summed E-state index contributed by atoms with van der Waals surface area (Å²) >= 11 is 1.39. The standard InChI is InChI=1S/C14H17F3N2S/c1-3-9(4-2)8-18-13-19-11-7-10(14(15,16)17)5-6-12(11)20-13/h5-7,9H,3-4,8H2,1-2H3,(H,18,19). The monoisotopic (exact) mass is 302 g/mol. The third kappa shape index (κ3) is 3.42. The molecule has 0 spiro atoms. The highest BCUT2D eigenvalue weighted by atomic mass is 32.1. The lowest BCUT2D eigenvalue weighted by Gasteiger charge is -2.11. The highest BCUT2D eigenvalue weighted by Crippen LogP contribution is 2.34. The molecule has 1 aromatic heterocycles. The zero-order valence-electron chi connectivity index (χ0n) is 11.4. The molecule has 2 aromatic rings. The molecular weight excluding hydrogens is 285 g/mol. The smallest absolute Gasteiger partial charge is 0.361 e. The molecule has 20 heavy (non-hydrogen) atoms. The van der Waals surface area contributed by atoms with E-state index in [4.69, 9.17) is 0 Å². The Bertz CT molecular complexity index is 573. The molecule has 2 nitrogen and oxygen atoms in total. The maximum absolute atomic E-state index is 12.6. The van der Waals surface area contributed by atoms with Crippen LogP contribution in [0.1, 0.15) is 32.3 Å². The van der Waals surface area contributed by atoms with Gasteiger partial charge < -0.3 is 5.32 Å². The summed E-state index contributed by atoms with van der Waals surface area (Å²) in [6, 6.07) is 3.69. The second kappa shape index (κ2) is 5.99. The Balaban J connectivity index is 2.17. The molecular formula is C14H17F3N2S. The molecule has 2 rings (SSSR count). The lowest BCUT2D eigenvalue weighted by atomic mass is 10.0. The van der Waals surface area contributed by atoms with E-state index in [1.807, 2.05) is 0 Å². The van der Waals surface area contributed by atoms with Gasteiger partial charge in [0.15, 0.2) is 5.13 Å². The number of alkyl halides is 3. The van der Waals surface area contributed by atoms with Gasteiger partial charge in [-0.05, 0) is 24.1 Å². The van der Waals surface area contributed by atoms with Gasteiger partial charge >= 0.3 is 6.18 Å². The number of anilines is 1. The van der Waals surface area contributed by atoms with Gasteiger partial charge in [-0.3, -0.25) is 0 Å². The SMILES string of the molecule is CCC(CC)CNc1nc2cc(C(F)(F)F)ccc2s1. The predicted octanol–water partition coefficient (Wildman–Crippen LogP) is 5.16. The van der Waals surface area contributed by atoms with Gasteiger partial charge in [-0.2, -0.15) is 13.2 Å². The molecule has 6 heteroatoms. The zero-order valence-corrected chi connectivity index (χ0v) is 12.2. The van der Waals surface area contributed by atoms with Gasteiger partial charge in [0.25, 0.3) is 0 Å². The molecule has 0 atom stereocenters. The zero-order chi connectivity index (χ0) is 14.8. The maximum Gasteiger partial charge on any atom is 0.416 e. The molecule has 0 amide bonds. The molecule has 1 N–H and O–H groups in total. The van der Waals surface area contributed by atoms with Gasteiger partial charge in [-0.1, -0.05) is 38.0 Å². The first-order valence-electron chi connectivity index (χ1n) is 6.65. The third-order valence-electron chi connectivity index (χ3n) is 3.41. The largest absolute Gasteiger partial charge is 0.416 e. The van der Waals surface area contributed by atoms with Crippen LogP contribution in [0.4, 0.5) is 18.3 Å². The van der Waals surface area contributed by atoms with Crippen molar-refractivity contribution in [3.8, 4) is 0 Å². The van der Waals surface area contributed by atoms with E-state index in [1.165, 1.54) is 17.4 Å². The van der Waals surface area contributed by atoms with E-state index < -0.39 is 11.7 Å². The van der Waals surface area contributed by atoms with Crippen LogP contribution in [-0.2, 0) is 6.18 Å². The molecule has 1 heterocycles. The van der Waals surface area contributed by atoms with Crippen LogP contribution < -0.4 is 5.32 Å². The highest BCUT2D eigenvalue weighted by Gasteiger charge is 2.30. The number of hydrogen-bond donors (Lipinski definition) is 1. The van der Waals surface area contributed by atoms with Crippen LogP contribution in [0.2, 0.25) is 0 Å². The molecule has 0 fully saturated rings. The lowest BCUT2D eigenvalue weighted by molar-refractivity contribution is -0.137. The number of fused-ring (bicyclic) bond motifs is 1. The topological polar surface area (TPSA) is 24.9 Å². The number of nitrogens with one attached hydrogen (secondary N) is 1. The quantitative estimate of drug-likeness (QED) is 0.825. The Morgan fingerprint density at radius 3 is 2.55 bits per heavy atom. The molecule has 0 unspecified atom stereocenters. The summed E-state index contributed by atoms with van der Waals surface area (Å²) in [5, 5.41) is 3.91. The van der Waals surface area contributed by atoms with E-state index in [0.717, 1.165) is 36.2 Å². The minimum Gasteiger partial charge on any atom is -0.361 e. The summed E-state index contributed by atoms with van der Waals surface area (Å²) in [5.74, 6) is 0.563. The number of hydrogen-bond acceptors (Lipinski definition) is 3. The van der Waals surface area contributed by atoms with Crippen molar-refractivity contribution in [2.45, 2.75) is 32.9 Å². The molecule has 0 aliphatic heterocycles. The van der Waals surface area contributed by atoms with Crippen molar-refractivity contribution in [1.82, 2.24) is 4.98 Å². The summed E-state index contributed by atoms with van der Waals surface area (Å²) in [7, 11) is 0. The fourth-order valence-electron chi connectivity index (χ4n) is 1.99. The number of benzene rings is 1. The first kappa shape index (κ1) is 15.1. The highest BCUT2D eigenvalue weighted by molar-refractivity contribution is 7.22. The minimum absolute atomic E-state index is 0.400. The second-order valence-electron chi connectivity index (χ2n) is 4.76. The summed E-state index contributed by atoms with van der Waals surface area (Å²) in [6.45, 7) is 5.06. The average Bonchev–Trinajstić information content (AvgIpc) is 2.80. The normalized spacial score (nSPS) is 12.3. The van der Waals surface area contributed by atoms with E-state index in [0.29, 0.717) is 16.6 Å². The third-order valence-corrected chi connectivity index (χ3v) is 4.41. The summed E-state index contributed by atoms with van der Waals surface area (Å²) in [5.41, 5.74) is -0.251. The van der Waals surface area contributed by atoms with Crippen molar-refractivity contribution in [1.29, 1.82) is 0 Å². The number of rotatable bonds is 5. The summed E-state index contributed by atoms with van der Waals surface area (Å²) in [6.07, 6.45) is -2.17. The van der Waals surface area contributed by atoms with Crippen molar-refractivity contribution in [2.75, 3.05) is 11.9 Å². The van der Waals surface area contributed by atoms with E-state index in [-0.39, 0.29) is 0 Å². The van der Waals surface area contributed by atoms with Crippen molar-refractivity contribution >= 4 is 26.7 Å². The first-order valence-corrected chi connectivity index (χ1v) is 7.47. The van der Waals surface area contributed by atoms with E-state index in [9.17, 15) is 13.2 Å². The van der Waals surface area contributed by atoms with Crippen molar-refractivity contribution in [3.05, 3.63) is 23.8 Å². The van der Waals surface area contributed by atoms with Crippen LogP contribution in [0, 0.1) is 5.92 Å². The van der Waals surface area contributed by atoms with Crippen molar-refractivity contribution in [2.24, 2.45) is 5.92 Å². The van der Waals surface area contributed by atoms with E-state index >= 15 is 0 Å². The minimum atomic E-state index is -4.32. The van der Waals surface area contributed by atoms with Crippen molar-refractivity contribution in [3.63, 3.8) is 0 Å². The van der Waals surface area contributed by atoms with Gasteiger partial charge in [0.2, 0.25) is 0 Å². The van der Waals surface area contributed by atoms with Gasteiger partial charge in [0.1, 0.15) is 0 Å². The number of thiazole rings is 1. The molecule has 1 aromatic carbocycles. The Morgan fingerprint density at radius 1 is 1.25 bits per heavy atom. The van der Waals surface area contributed by atoms with Crippen LogP contribution in [0.15, 0.2) is 18.2 Å². The Labute approximate surface area is 120 Å². The summed E-state index contributed by atoms with van der Waals surface area (Å²) in [4.78, 5) is 4.23. The Hall–Kier alpha value is -1.30. The molecule has 0 aliphatic rings. The molecule has 0 aliphatic carbocycles. The predicted molar refractivity (Wildman–Crippen MR) is 77.2 cm³/mol. The molecule has 0 saturated carbocycles. The van der Waals surface area contributed by atoms with Crippen molar-refractivity contribution < 1.29 is 13.2 Å². The van der Waals surface area contributed by atoms with Gasteiger partial charge in [-0.25, -0.2) is 4.98 Å². The van der Waals surface area contributed by atoms with Gasteiger partial charge in [-0.15, -0.1) is 0 Å². The van der Waals surface area contributed by atoms with Crippen LogP contribution >= 0.6 is 11.3 Å². The van der Waals surface area contributed by atoms with Crippen LogP contribution in [0.3, 0.4) is 0 Å². The van der Waals surface area contributed by atoms with Crippen LogP contribution in [0.25, 0.3) is 10.2 Å². The molecule has 0 radical (unpaired) electrons. The lowest BCUT2D eigenvalue weighted by Crippen LogP contribution is -2.12. The van der Waals surface area contributed by atoms with Gasteiger partial charge in [0, 0.05) is 6.54 Å². The Kier molecular flexibility index (Phi) is 4.52. The average molecular weight is 302 g/mol. The maximum atomic E-state index is 12.6. The van der Waals surface area contributed by atoms with E-state index in [1.54, 1.807) is 0 Å². The van der Waals surface area contributed by atoms with E-state index in [2.05, 4.69) is 24.1 Å². The second-order valence-corrected chi connectivity index (χ2v) is 5.79. The number of nitrogens with zero attached hydrogens (tertiary/aromatic N) is 1. The number of halogens is 3. The van der Waals surface area contributed by atoms with Crippen LogP contribution in [0.5, 0.6) is 0 Å². The molecule has 110 valence electrons. The van der Waals surface area contributed by atoms with Gasteiger partial charge in [0.05, 0.1) is 15.8 Å². The first-order chi connectivity index (χ1) is 9.44. The molecule has 0 saturated heterocycles. The Morgan fingerprint density at radius 2 is 1.95 bits per heavy atom.